The van der Waals surface area contributed by atoms with E-state index in [2.05, 4.69) is 20.2 Å². The number of ether oxygens (including phenoxy) is 1. The summed E-state index contributed by atoms with van der Waals surface area (Å²) in [5.74, 6) is 4.17. The highest BCUT2D eigenvalue weighted by atomic mass is 16.5. The molecule has 1 aromatic rings. The Labute approximate surface area is 114 Å². The van der Waals surface area contributed by atoms with Crippen LogP contribution in [0.15, 0.2) is 6.33 Å². The van der Waals surface area contributed by atoms with Gasteiger partial charge in [0.15, 0.2) is 11.6 Å². The molecule has 2 fully saturated rings. The topological polar surface area (TPSA) is 50.3 Å². The van der Waals surface area contributed by atoms with Crippen LogP contribution in [0.2, 0.25) is 0 Å². The van der Waals surface area contributed by atoms with E-state index in [0.717, 1.165) is 42.3 Å². The Kier molecular flexibility index (Phi) is 3.44. The van der Waals surface area contributed by atoms with Crippen molar-refractivity contribution in [1.82, 2.24) is 9.97 Å². The molecule has 0 amide bonds. The molecule has 0 bridgehead atoms. The number of hydrogen-bond donors (Lipinski definition) is 1. The predicted molar refractivity (Wildman–Crippen MR) is 75.8 cm³/mol. The molecule has 0 spiro atoms. The normalized spacial score (nSPS) is 18.2. The Morgan fingerprint density at radius 2 is 1.84 bits per heavy atom. The van der Waals surface area contributed by atoms with Gasteiger partial charge in [0.2, 0.25) is 5.75 Å². The van der Waals surface area contributed by atoms with Crippen LogP contribution < -0.4 is 15.0 Å². The zero-order chi connectivity index (χ0) is 13.2. The second-order valence-electron chi connectivity index (χ2n) is 5.62. The summed E-state index contributed by atoms with van der Waals surface area (Å²) < 4.78 is 5.52. The summed E-state index contributed by atoms with van der Waals surface area (Å²) in [6.45, 7) is 2.21. The summed E-state index contributed by atoms with van der Waals surface area (Å²) in [6, 6.07) is 0. The van der Waals surface area contributed by atoms with Gasteiger partial charge in [0.25, 0.3) is 0 Å². The maximum atomic E-state index is 5.52. The number of nitrogens with one attached hydrogen (secondary N) is 1. The van der Waals surface area contributed by atoms with E-state index in [1.54, 1.807) is 13.4 Å². The fourth-order valence-electron chi connectivity index (χ4n) is 2.43. The van der Waals surface area contributed by atoms with E-state index < -0.39 is 0 Å². The maximum Gasteiger partial charge on any atom is 0.204 e. The molecule has 0 aliphatic heterocycles. The van der Waals surface area contributed by atoms with Crippen LogP contribution in [-0.2, 0) is 0 Å². The summed E-state index contributed by atoms with van der Waals surface area (Å²) in [7, 11) is 3.55. The molecule has 5 nitrogen and oxygen atoms in total. The number of rotatable bonds is 7. The quantitative estimate of drug-likeness (QED) is 0.816. The molecule has 5 heteroatoms. The van der Waals surface area contributed by atoms with Crippen molar-refractivity contribution in [3.8, 4) is 5.75 Å². The minimum Gasteiger partial charge on any atom is -0.490 e. The average molecular weight is 262 g/mol. The van der Waals surface area contributed by atoms with Gasteiger partial charge in [-0.05, 0) is 37.5 Å². The van der Waals surface area contributed by atoms with Crippen molar-refractivity contribution in [2.45, 2.75) is 25.7 Å². The highest BCUT2D eigenvalue weighted by molar-refractivity contribution is 5.64. The molecular weight excluding hydrogens is 240 g/mol. The molecular formula is C14H22N4O. The second-order valence-corrected chi connectivity index (χ2v) is 5.62. The van der Waals surface area contributed by atoms with Gasteiger partial charge in [-0.15, -0.1) is 0 Å². The van der Waals surface area contributed by atoms with Crippen LogP contribution in [0.4, 0.5) is 11.6 Å². The molecule has 2 saturated carbocycles. The Balaban J connectivity index is 1.85. The predicted octanol–water partition coefficient (Wildman–Crippen LogP) is 2.15. The van der Waals surface area contributed by atoms with Crippen molar-refractivity contribution >= 4 is 11.6 Å². The summed E-state index contributed by atoms with van der Waals surface area (Å²) >= 11 is 0. The van der Waals surface area contributed by atoms with Crippen LogP contribution in [-0.4, -0.2) is 37.2 Å². The zero-order valence-electron chi connectivity index (χ0n) is 11.7. The van der Waals surface area contributed by atoms with Crippen molar-refractivity contribution in [2.75, 3.05) is 37.5 Å². The number of anilines is 2. The van der Waals surface area contributed by atoms with Crippen molar-refractivity contribution in [3.05, 3.63) is 6.33 Å². The summed E-state index contributed by atoms with van der Waals surface area (Å²) in [4.78, 5) is 11.1. The summed E-state index contributed by atoms with van der Waals surface area (Å²) in [5, 5.41) is 3.08. The third-order valence-electron chi connectivity index (χ3n) is 3.88. The largest absolute Gasteiger partial charge is 0.490 e. The molecule has 19 heavy (non-hydrogen) atoms. The van der Waals surface area contributed by atoms with Gasteiger partial charge in [0.1, 0.15) is 6.33 Å². The van der Waals surface area contributed by atoms with Gasteiger partial charge >= 0.3 is 0 Å². The van der Waals surface area contributed by atoms with Crippen molar-refractivity contribution in [3.63, 3.8) is 0 Å². The van der Waals surface area contributed by atoms with E-state index in [1.165, 1.54) is 25.7 Å². The van der Waals surface area contributed by atoms with Crippen LogP contribution in [0, 0.1) is 11.8 Å². The maximum absolute atomic E-state index is 5.52. The van der Waals surface area contributed by atoms with Crippen LogP contribution in [0.1, 0.15) is 25.7 Å². The lowest BCUT2D eigenvalue weighted by atomic mass is 10.3. The number of aromatic nitrogens is 2. The number of hydrogen-bond acceptors (Lipinski definition) is 5. The molecule has 1 N–H and O–H groups in total. The Bertz CT molecular complexity index is 429. The fraction of sp³-hybridized carbons (Fsp3) is 0.714. The van der Waals surface area contributed by atoms with E-state index in [0.29, 0.717) is 0 Å². The first-order valence-corrected chi connectivity index (χ1v) is 7.13. The van der Waals surface area contributed by atoms with E-state index in [1.807, 2.05) is 7.05 Å². The molecule has 1 aromatic heterocycles. The van der Waals surface area contributed by atoms with Crippen molar-refractivity contribution in [2.24, 2.45) is 11.8 Å². The first kappa shape index (κ1) is 12.5. The van der Waals surface area contributed by atoms with Gasteiger partial charge in [-0.2, -0.15) is 0 Å². The van der Waals surface area contributed by atoms with Gasteiger partial charge in [-0.25, -0.2) is 9.97 Å². The smallest absolute Gasteiger partial charge is 0.204 e. The van der Waals surface area contributed by atoms with Gasteiger partial charge in [0, 0.05) is 20.1 Å². The molecule has 2 aliphatic rings. The van der Waals surface area contributed by atoms with E-state index in [4.69, 9.17) is 4.74 Å². The lowest BCUT2D eigenvalue weighted by Crippen LogP contribution is -2.29. The van der Waals surface area contributed by atoms with E-state index >= 15 is 0 Å². The highest BCUT2D eigenvalue weighted by Gasteiger charge is 2.31. The van der Waals surface area contributed by atoms with Gasteiger partial charge in [0.05, 0.1) is 7.11 Å². The van der Waals surface area contributed by atoms with Gasteiger partial charge < -0.3 is 15.0 Å². The monoisotopic (exact) mass is 262 g/mol. The highest BCUT2D eigenvalue weighted by Crippen LogP contribution is 2.39. The van der Waals surface area contributed by atoms with Crippen LogP contribution in [0.25, 0.3) is 0 Å². The first-order chi connectivity index (χ1) is 9.31. The Hall–Kier alpha value is -1.52. The molecule has 3 rings (SSSR count). The zero-order valence-corrected chi connectivity index (χ0v) is 11.7. The third kappa shape index (κ3) is 2.91. The summed E-state index contributed by atoms with van der Waals surface area (Å²) in [5.41, 5.74) is 0. The Morgan fingerprint density at radius 1 is 1.21 bits per heavy atom. The number of nitrogens with zero attached hydrogens (tertiary/aromatic N) is 3. The third-order valence-corrected chi connectivity index (χ3v) is 3.88. The van der Waals surface area contributed by atoms with Crippen molar-refractivity contribution in [1.29, 1.82) is 0 Å². The molecule has 0 saturated heterocycles. The molecule has 0 atom stereocenters. The van der Waals surface area contributed by atoms with Gasteiger partial charge in [-0.3, -0.25) is 0 Å². The Morgan fingerprint density at radius 3 is 2.32 bits per heavy atom. The van der Waals surface area contributed by atoms with Crippen LogP contribution in [0.3, 0.4) is 0 Å². The molecule has 0 aromatic carbocycles. The standard InChI is InChI=1S/C14H22N4O/c1-15-13-12(19-2)14(17-9-16-13)18(7-10-3-4-10)8-11-5-6-11/h9-11H,3-8H2,1-2H3,(H,15,16,17). The first-order valence-electron chi connectivity index (χ1n) is 7.13. The molecule has 0 radical (unpaired) electrons. The molecule has 2 aliphatic carbocycles. The summed E-state index contributed by atoms with van der Waals surface area (Å²) in [6.07, 6.45) is 7.04. The lowest BCUT2D eigenvalue weighted by Gasteiger charge is -2.25. The van der Waals surface area contributed by atoms with E-state index in [-0.39, 0.29) is 0 Å². The molecule has 104 valence electrons. The minimum atomic E-state index is 0.768. The van der Waals surface area contributed by atoms with Crippen LogP contribution in [0.5, 0.6) is 5.75 Å². The van der Waals surface area contributed by atoms with Gasteiger partial charge in [-0.1, -0.05) is 0 Å². The lowest BCUT2D eigenvalue weighted by molar-refractivity contribution is 0.411. The molecule has 0 unspecified atom stereocenters. The SMILES string of the molecule is CNc1ncnc(N(CC2CC2)CC2CC2)c1OC. The van der Waals surface area contributed by atoms with E-state index in [9.17, 15) is 0 Å². The molecule has 1 heterocycles. The minimum absolute atomic E-state index is 0.768. The van der Waals surface area contributed by atoms with Crippen LogP contribution >= 0.6 is 0 Å². The average Bonchev–Trinajstić information content (AvgIpc) is 3.32. The van der Waals surface area contributed by atoms with Crippen molar-refractivity contribution < 1.29 is 4.74 Å². The fourth-order valence-corrected chi connectivity index (χ4v) is 2.43. The second kappa shape index (κ2) is 5.23. The number of methoxy groups -OCH3 is 1.